The lowest BCUT2D eigenvalue weighted by atomic mass is 10.1. The van der Waals surface area contributed by atoms with Crippen LogP contribution in [0.3, 0.4) is 0 Å². The van der Waals surface area contributed by atoms with Crippen molar-refractivity contribution in [2.75, 3.05) is 6.61 Å². The Morgan fingerprint density at radius 3 is 2.56 bits per heavy atom. The maximum atomic E-state index is 9.39. The molecule has 0 aliphatic rings. The monoisotopic (exact) mass is 243 g/mol. The summed E-state index contributed by atoms with van der Waals surface area (Å²) in [7, 11) is 0. The van der Waals surface area contributed by atoms with Crippen molar-refractivity contribution in [3.63, 3.8) is 0 Å². The van der Waals surface area contributed by atoms with Gasteiger partial charge in [-0.05, 0) is 36.8 Å². The third-order valence-corrected chi connectivity index (χ3v) is 2.72. The van der Waals surface area contributed by atoms with Crippen LogP contribution in [0.15, 0.2) is 48.7 Å². The Kier molecular flexibility index (Phi) is 4.31. The van der Waals surface area contributed by atoms with Gasteiger partial charge >= 0.3 is 0 Å². The minimum Gasteiger partial charge on any atom is -0.493 e. The average molecular weight is 243 g/mol. The lowest BCUT2D eigenvalue weighted by Crippen LogP contribution is -2.02. The molecule has 1 atom stereocenters. The second kappa shape index (κ2) is 6.17. The van der Waals surface area contributed by atoms with Gasteiger partial charge in [0.2, 0.25) is 0 Å². The van der Waals surface area contributed by atoms with Crippen LogP contribution >= 0.6 is 0 Å². The summed E-state index contributed by atoms with van der Waals surface area (Å²) in [5, 5.41) is 9.39. The van der Waals surface area contributed by atoms with E-state index in [-0.39, 0.29) is 0 Å². The average Bonchev–Trinajstić information content (AvgIpc) is 2.40. The van der Waals surface area contributed by atoms with Crippen LogP contribution in [0, 0.1) is 0 Å². The number of nitrogens with zero attached hydrogens (tertiary/aromatic N) is 1. The number of ether oxygens (including phenoxy) is 1. The highest BCUT2D eigenvalue weighted by atomic mass is 16.5. The minimum absolute atomic E-state index is 0.437. The molecular weight excluding hydrogens is 226 g/mol. The highest BCUT2D eigenvalue weighted by molar-refractivity contribution is 5.28. The van der Waals surface area contributed by atoms with Gasteiger partial charge in [-0.1, -0.05) is 18.2 Å². The van der Waals surface area contributed by atoms with E-state index in [0.29, 0.717) is 6.61 Å². The van der Waals surface area contributed by atoms with E-state index in [0.717, 1.165) is 23.4 Å². The molecule has 0 saturated carbocycles. The number of hydrogen-bond acceptors (Lipinski definition) is 3. The molecule has 94 valence electrons. The van der Waals surface area contributed by atoms with Crippen molar-refractivity contribution in [3.05, 3.63) is 59.9 Å². The Morgan fingerprint density at radius 1 is 1.17 bits per heavy atom. The van der Waals surface area contributed by atoms with Gasteiger partial charge in [-0.15, -0.1) is 0 Å². The zero-order valence-electron chi connectivity index (χ0n) is 10.4. The van der Waals surface area contributed by atoms with Crippen molar-refractivity contribution >= 4 is 0 Å². The third-order valence-electron chi connectivity index (χ3n) is 2.72. The van der Waals surface area contributed by atoms with Crippen LogP contribution in [0.1, 0.15) is 24.3 Å². The van der Waals surface area contributed by atoms with E-state index in [4.69, 9.17) is 4.74 Å². The predicted molar refractivity (Wildman–Crippen MR) is 70.5 cm³/mol. The Morgan fingerprint density at radius 2 is 1.94 bits per heavy atom. The molecule has 0 spiro atoms. The molecule has 2 aromatic rings. The van der Waals surface area contributed by atoms with Gasteiger partial charge in [0.05, 0.1) is 12.7 Å². The molecule has 1 heterocycles. The van der Waals surface area contributed by atoms with Crippen LogP contribution in [-0.2, 0) is 6.42 Å². The Bertz CT molecular complexity index is 466. The second-order valence-electron chi connectivity index (χ2n) is 4.16. The molecule has 0 unspecified atom stereocenters. The molecule has 2 rings (SSSR count). The molecule has 3 heteroatoms. The van der Waals surface area contributed by atoms with E-state index in [1.807, 2.05) is 42.5 Å². The summed E-state index contributed by atoms with van der Waals surface area (Å²) in [6.45, 7) is 2.35. The SMILES string of the molecule is C[C@@H](O)c1ccc(OCCc2ccccn2)cc1. The van der Waals surface area contributed by atoms with Crippen molar-refractivity contribution in [2.24, 2.45) is 0 Å². The van der Waals surface area contributed by atoms with E-state index >= 15 is 0 Å². The molecule has 0 radical (unpaired) electrons. The molecule has 0 fully saturated rings. The normalized spacial score (nSPS) is 12.1. The van der Waals surface area contributed by atoms with Crippen LogP contribution in [0.2, 0.25) is 0 Å². The van der Waals surface area contributed by atoms with Crippen molar-refractivity contribution in [1.29, 1.82) is 0 Å². The van der Waals surface area contributed by atoms with Gasteiger partial charge in [-0.25, -0.2) is 0 Å². The molecule has 0 bridgehead atoms. The highest BCUT2D eigenvalue weighted by Gasteiger charge is 2.01. The summed E-state index contributed by atoms with van der Waals surface area (Å²) in [6, 6.07) is 13.4. The number of pyridine rings is 1. The van der Waals surface area contributed by atoms with E-state index in [1.165, 1.54) is 0 Å². The van der Waals surface area contributed by atoms with E-state index in [9.17, 15) is 5.11 Å². The van der Waals surface area contributed by atoms with Gasteiger partial charge in [-0.2, -0.15) is 0 Å². The van der Waals surface area contributed by atoms with Gasteiger partial charge in [0, 0.05) is 18.3 Å². The van der Waals surface area contributed by atoms with Gasteiger partial charge in [0.1, 0.15) is 5.75 Å². The Balaban J connectivity index is 1.83. The first kappa shape index (κ1) is 12.6. The molecule has 18 heavy (non-hydrogen) atoms. The number of aromatic nitrogens is 1. The molecule has 1 aromatic carbocycles. The molecule has 0 aliphatic heterocycles. The zero-order chi connectivity index (χ0) is 12.8. The fourth-order valence-electron chi connectivity index (χ4n) is 1.66. The van der Waals surface area contributed by atoms with Crippen molar-refractivity contribution in [3.8, 4) is 5.75 Å². The van der Waals surface area contributed by atoms with Gasteiger partial charge < -0.3 is 9.84 Å². The lowest BCUT2D eigenvalue weighted by Gasteiger charge is -2.08. The Labute approximate surface area is 107 Å². The van der Waals surface area contributed by atoms with Crippen molar-refractivity contribution < 1.29 is 9.84 Å². The van der Waals surface area contributed by atoms with E-state index in [2.05, 4.69) is 4.98 Å². The van der Waals surface area contributed by atoms with E-state index in [1.54, 1.807) is 13.1 Å². The van der Waals surface area contributed by atoms with Crippen LogP contribution in [0.5, 0.6) is 5.75 Å². The standard InChI is InChI=1S/C15H17NO2/c1-12(17)13-5-7-15(8-6-13)18-11-9-14-4-2-3-10-16-14/h2-8,10,12,17H,9,11H2,1H3/t12-/m1/s1. The largest absolute Gasteiger partial charge is 0.493 e. The van der Waals surface area contributed by atoms with Gasteiger partial charge in [-0.3, -0.25) is 4.98 Å². The molecule has 0 amide bonds. The predicted octanol–water partition coefficient (Wildman–Crippen LogP) is 2.76. The van der Waals surface area contributed by atoms with Gasteiger partial charge in [0.25, 0.3) is 0 Å². The third kappa shape index (κ3) is 3.57. The second-order valence-corrected chi connectivity index (χ2v) is 4.16. The van der Waals surface area contributed by atoms with Crippen LogP contribution in [-0.4, -0.2) is 16.7 Å². The minimum atomic E-state index is -0.437. The number of aliphatic hydroxyl groups is 1. The summed E-state index contributed by atoms with van der Waals surface area (Å²) >= 11 is 0. The van der Waals surface area contributed by atoms with Crippen molar-refractivity contribution in [2.45, 2.75) is 19.4 Å². The summed E-state index contributed by atoms with van der Waals surface area (Å²) in [4.78, 5) is 4.23. The molecule has 1 N–H and O–H groups in total. The number of rotatable bonds is 5. The summed E-state index contributed by atoms with van der Waals surface area (Å²) in [6.07, 6.45) is 2.14. The quantitative estimate of drug-likeness (QED) is 0.878. The lowest BCUT2D eigenvalue weighted by molar-refractivity contribution is 0.199. The fraction of sp³-hybridized carbons (Fsp3) is 0.267. The van der Waals surface area contributed by atoms with Crippen LogP contribution in [0.4, 0.5) is 0 Å². The molecule has 0 saturated heterocycles. The molecule has 3 nitrogen and oxygen atoms in total. The molecule has 1 aromatic heterocycles. The maximum Gasteiger partial charge on any atom is 0.119 e. The van der Waals surface area contributed by atoms with Crippen LogP contribution < -0.4 is 4.74 Å². The summed E-state index contributed by atoms with van der Waals surface area (Å²) in [5.41, 5.74) is 1.92. The number of aliphatic hydroxyl groups excluding tert-OH is 1. The smallest absolute Gasteiger partial charge is 0.119 e. The van der Waals surface area contributed by atoms with Crippen molar-refractivity contribution in [1.82, 2.24) is 4.98 Å². The summed E-state index contributed by atoms with van der Waals surface area (Å²) in [5.74, 6) is 0.815. The first-order valence-corrected chi connectivity index (χ1v) is 6.06. The molecule has 0 aliphatic carbocycles. The van der Waals surface area contributed by atoms with Crippen LogP contribution in [0.25, 0.3) is 0 Å². The zero-order valence-corrected chi connectivity index (χ0v) is 10.4. The van der Waals surface area contributed by atoms with E-state index < -0.39 is 6.10 Å². The highest BCUT2D eigenvalue weighted by Crippen LogP contribution is 2.17. The number of benzene rings is 1. The Hall–Kier alpha value is -1.87. The number of hydrogen-bond donors (Lipinski definition) is 1. The maximum absolute atomic E-state index is 9.39. The fourth-order valence-corrected chi connectivity index (χ4v) is 1.66. The molecular formula is C15H17NO2. The summed E-state index contributed by atoms with van der Waals surface area (Å²) < 4.78 is 5.62. The first-order valence-electron chi connectivity index (χ1n) is 6.06. The first-order chi connectivity index (χ1) is 8.75. The van der Waals surface area contributed by atoms with Gasteiger partial charge in [0.15, 0.2) is 0 Å². The topological polar surface area (TPSA) is 42.4 Å².